The number of hydrogen-bond acceptors (Lipinski definition) is 8. The fourth-order valence-corrected chi connectivity index (χ4v) is 0. The van der Waals surface area contributed by atoms with Crippen molar-refractivity contribution in [2.75, 3.05) is 0 Å². The quantitative estimate of drug-likeness (QED) is 0.231. The third kappa shape index (κ3) is 678000. The van der Waals surface area contributed by atoms with E-state index in [1.54, 1.807) is 0 Å². The summed E-state index contributed by atoms with van der Waals surface area (Å²) in [6, 6.07) is 0. The SMILES string of the molecule is O.O.O.O.O.O=S(=O)([O-])[O-].O=S(=O)([O-])[O-].[Mn]. The molecule has 0 bridgehead atoms. The van der Waals surface area contributed by atoms with Crippen LogP contribution in [0.4, 0.5) is 0 Å². The number of hydrogen-bond donors (Lipinski definition) is 0. The van der Waals surface area contributed by atoms with Gasteiger partial charge >= 0.3 is 0 Å². The smallest absolute Gasteiger partial charge is 0.0311 e. The molecule has 0 aliphatic rings. The summed E-state index contributed by atoms with van der Waals surface area (Å²) in [6.07, 6.45) is 0. The normalized spacial score (nSPS) is 7.25. The second kappa shape index (κ2) is 20.5. The van der Waals surface area contributed by atoms with E-state index in [9.17, 15) is 0 Å². The Balaban J connectivity index is -0.00000000970. The summed E-state index contributed by atoms with van der Waals surface area (Å²) >= 11 is 0. The molecule has 13 nitrogen and oxygen atoms in total. The van der Waals surface area contributed by atoms with Crippen molar-refractivity contribution < 1.29 is 79.5 Å². The van der Waals surface area contributed by atoms with Gasteiger partial charge in [0.1, 0.15) is 0 Å². The largest absolute Gasteiger partial charge is 0.759 e. The van der Waals surface area contributed by atoms with Crippen molar-refractivity contribution in [1.29, 1.82) is 0 Å². The van der Waals surface area contributed by atoms with E-state index in [2.05, 4.69) is 0 Å². The monoisotopic (exact) mass is 337 g/mol. The Morgan fingerprint density at radius 2 is 0.500 bits per heavy atom. The van der Waals surface area contributed by atoms with Crippen molar-refractivity contribution in [3.63, 3.8) is 0 Å². The Hall–Kier alpha value is 0.0595. The van der Waals surface area contributed by atoms with Crippen molar-refractivity contribution in [2.45, 2.75) is 0 Å². The molecule has 0 atom stereocenters. The third-order valence-electron chi connectivity index (χ3n) is 0. The van der Waals surface area contributed by atoms with E-state index in [0.717, 1.165) is 0 Å². The van der Waals surface area contributed by atoms with E-state index in [4.69, 9.17) is 35.0 Å². The van der Waals surface area contributed by atoms with E-state index in [1.165, 1.54) is 0 Å². The van der Waals surface area contributed by atoms with Crippen LogP contribution in [0.1, 0.15) is 0 Å². The van der Waals surface area contributed by atoms with E-state index < -0.39 is 20.8 Å². The van der Waals surface area contributed by atoms with Gasteiger partial charge in [-0.15, -0.1) is 0 Å². The van der Waals surface area contributed by atoms with Crippen LogP contribution in [-0.4, -0.2) is 62.4 Å². The van der Waals surface area contributed by atoms with Crippen LogP contribution in [0, 0.1) is 0 Å². The minimum atomic E-state index is -5.17. The average molecular weight is 337 g/mol. The number of rotatable bonds is 0. The van der Waals surface area contributed by atoms with Gasteiger partial charge in [0, 0.05) is 37.9 Å². The molecule has 0 saturated heterocycles. The first kappa shape index (κ1) is 56.1. The Labute approximate surface area is 101 Å². The van der Waals surface area contributed by atoms with Crippen molar-refractivity contribution in [3.8, 4) is 0 Å². The molecule has 0 amide bonds. The van der Waals surface area contributed by atoms with Crippen LogP contribution in [0.5, 0.6) is 0 Å². The summed E-state index contributed by atoms with van der Waals surface area (Å²) in [5.41, 5.74) is 0. The molecule has 0 aromatic carbocycles. The molecule has 0 fully saturated rings. The van der Waals surface area contributed by atoms with Crippen LogP contribution in [-0.2, 0) is 37.9 Å². The molecular formula is H10MnO13S2-4. The molecule has 0 rings (SSSR count). The van der Waals surface area contributed by atoms with Gasteiger partial charge in [0.2, 0.25) is 0 Å². The molecule has 0 unspecified atom stereocenters. The van der Waals surface area contributed by atoms with Crippen LogP contribution in [0.2, 0.25) is 0 Å². The molecule has 1 radical (unpaired) electrons. The summed E-state index contributed by atoms with van der Waals surface area (Å²) < 4.78 is 68.2. The standard InChI is InChI=1S/Mn.2H2O4S.5H2O/c;2*1-5(2,3)4;;;;;/h;2*(H2,1,2,3,4);5*1H2/p-4. The Kier molecular flexibility index (Phi) is 71.7. The van der Waals surface area contributed by atoms with E-state index >= 15 is 0 Å². The predicted molar refractivity (Wildman–Crippen MR) is 39.0 cm³/mol. The van der Waals surface area contributed by atoms with Crippen LogP contribution >= 0.6 is 0 Å². The summed E-state index contributed by atoms with van der Waals surface area (Å²) in [5, 5.41) is 0. The maximum absolute atomic E-state index is 8.52. The molecule has 0 aromatic rings. The fraction of sp³-hybridized carbons (Fsp3) is 0. The Bertz CT molecular complexity index is 210. The van der Waals surface area contributed by atoms with Crippen molar-refractivity contribution in [1.82, 2.24) is 0 Å². The van der Waals surface area contributed by atoms with Crippen LogP contribution < -0.4 is 0 Å². The van der Waals surface area contributed by atoms with Gasteiger partial charge in [-0.25, -0.2) is 0 Å². The summed E-state index contributed by atoms with van der Waals surface area (Å²) in [6.45, 7) is 0. The van der Waals surface area contributed by atoms with Gasteiger partial charge in [-0.3, -0.25) is 16.8 Å². The van der Waals surface area contributed by atoms with Gasteiger partial charge in [-0.1, -0.05) is 0 Å². The van der Waals surface area contributed by atoms with Gasteiger partial charge in [-0.2, -0.15) is 0 Å². The second-order valence-corrected chi connectivity index (χ2v) is 2.45. The average Bonchev–Trinajstić information content (AvgIpc) is 1.12. The molecule has 0 spiro atoms. The molecule has 10 N–H and O–H groups in total. The topological polar surface area (TPSA) is 318 Å². The molecule has 16 heteroatoms. The molecule has 0 aromatic heterocycles. The first-order valence-electron chi connectivity index (χ1n) is 1.33. The van der Waals surface area contributed by atoms with Gasteiger partial charge in [0.05, 0.1) is 0 Å². The predicted octanol–water partition coefficient (Wildman–Crippen LogP) is -6.80. The third-order valence-corrected chi connectivity index (χ3v) is 0. The van der Waals surface area contributed by atoms with Crippen LogP contribution in [0.25, 0.3) is 0 Å². The summed E-state index contributed by atoms with van der Waals surface area (Å²) in [4.78, 5) is 0. The minimum absolute atomic E-state index is 0. The van der Waals surface area contributed by atoms with Gasteiger partial charge < -0.3 is 45.6 Å². The maximum Gasteiger partial charge on any atom is 0.0311 e. The molecule has 111 valence electrons. The molecular weight excluding hydrogens is 327 g/mol. The Morgan fingerprint density at radius 1 is 0.500 bits per heavy atom. The van der Waals surface area contributed by atoms with Crippen molar-refractivity contribution >= 4 is 20.8 Å². The Morgan fingerprint density at radius 3 is 0.500 bits per heavy atom. The van der Waals surface area contributed by atoms with Gasteiger partial charge in [-0.05, 0) is 0 Å². The van der Waals surface area contributed by atoms with Crippen LogP contribution in [0.15, 0.2) is 0 Å². The van der Waals surface area contributed by atoms with E-state index in [1.807, 2.05) is 0 Å². The molecule has 0 heterocycles. The second-order valence-electron chi connectivity index (χ2n) is 0.816. The van der Waals surface area contributed by atoms with Gasteiger partial charge in [0.25, 0.3) is 0 Å². The fourth-order valence-electron chi connectivity index (χ4n) is 0. The van der Waals surface area contributed by atoms with Crippen molar-refractivity contribution in [3.05, 3.63) is 0 Å². The zero-order valence-corrected chi connectivity index (χ0v) is 9.77. The summed E-state index contributed by atoms with van der Waals surface area (Å²) in [5.74, 6) is 0. The zero-order valence-electron chi connectivity index (χ0n) is 6.96. The van der Waals surface area contributed by atoms with Crippen molar-refractivity contribution in [2.24, 2.45) is 0 Å². The first-order valence-corrected chi connectivity index (χ1v) is 4.00. The molecule has 0 saturated carbocycles. The minimum Gasteiger partial charge on any atom is -0.759 e. The molecule has 0 aliphatic carbocycles. The molecule has 0 aliphatic heterocycles. The maximum atomic E-state index is 8.52. The first-order chi connectivity index (χ1) is 4.00. The van der Waals surface area contributed by atoms with E-state index in [-0.39, 0.29) is 44.4 Å². The molecule has 16 heavy (non-hydrogen) atoms. The van der Waals surface area contributed by atoms with E-state index in [0.29, 0.717) is 0 Å². The summed E-state index contributed by atoms with van der Waals surface area (Å²) in [7, 11) is -10.3. The van der Waals surface area contributed by atoms with Crippen LogP contribution in [0.3, 0.4) is 0 Å². The van der Waals surface area contributed by atoms with Gasteiger partial charge in [0.15, 0.2) is 0 Å². The zero-order chi connectivity index (χ0) is 9.00.